The third-order valence-electron chi connectivity index (χ3n) is 3.40. The molecular formula is C15H23NO5. The van der Waals surface area contributed by atoms with E-state index in [0.717, 1.165) is 6.42 Å². The van der Waals surface area contributed by atoms with Gasteiger partial charge in [-0.1, -0.05) is 12.2 Å². The van der Waals surface area contributed by atoms with Crippen LogP contribution < -0.4 is 0 Å². The van der Waals surface area contributed by atoms with Gasteiger partial charge in [0.1, 0.15) is 0 Å². The highest BCUT2D eigenvalue weighted by atomic mass is 16.6. The van der Waals surface area contributed by atoms with E-state index < -0.39 is 17.5 Å². The van der Waals surface area contributed by atoms with Gasteiger partial charge >= 0.3 is 11.9 Å². The van der Waals surface area contributed by atoms with Crippen LogP contribution in [0, 0.1) is 0 Å². The molecule has 0 aromatic carbocycles. The zero-order chi connectivity index (χ0) is 15.9. The molecule has 1 heterocycles. The summed E-state index contributed by atoms with van der Waals surface area (Å²) in [4.78, 5) is 38.2. The summed E-state index contributed by atoms with van der Waals surface area (Å²) >= 11 is 0. The summed E-state index contributed by atoms with van der Waals surface area (Å²) in [6.07, 6.45) is 5.19. The van der Waals surface area contributed by atoms with Crippen LogP contribution >= 0.6 is 0 Å². The van der Waals surface area contributed by atoms with E-state index in [1.165, 1.54) is 11.8 Å². The number of carbonyl (C=O) groups is 3. The quantitative estimate of drug-likeness (QED) is 0.446. The molecule has 1 aliphatic heterocycles. The molecule has 0 aromatic rings. The number of ether oxygens (including phenoxy) is 2. The Balaban J connectivity index is 3.33. The van der Waals surface area contributed by atoms with Gasteiger partial charge in [0.05, 0.1) is 13.2 Å². The molecule has 0 aliphatic carbocycles. The summed E-state index contributed by atoms with van der Waals surface area (Å²) in [5, 5.41) is 0. The van der Waals surface area contributed by atoms with Crippen molar-refractivity contribution in [1.29, 1.82) is 0 Å². The van der Waals surface area contributed by atoms with E-state index >= 15 is 0 Å². The molecule has 21 heavy (non-hydrogen) atoms. The number of allylic oxidation sites excluding steroid dienone is 1. The second-order valence-electron chi connectivity index (χ2n) is 4.79. The normalized spacial score (nSPS) is 19.1. The second kappa shape index (κ2) is 7.81. The van der Waals surface area contributed by atoms with Crippen molar-refractivity contribution in [1.82, 2.24) is 4.90 Å². The highest BCUT2D eigenvalue weighted by molar-refractivity contribution is 6.07. The highest BCUT2D eigenvalue weighted by Crippen LogP contribution is 2.28. The molecule has 0 spiro atoms. The molecule has 6 heteroatoms. The average molecular weight is 297 g/mol. The largest absolute Gasteiger partial charge is 0.464 e. The second-order valence-corrected chi connectivity index (χ2v) is 4.79. The molecule has 0 saturated carbocycles. The van der Waals surface area contributed by atoms with Crippen molar-refractivity contribution >= 4 is 17.8 Å². The van der Waals surface area contributed by atoms with E-state index in [1.807, 2.05) is 6.08 Å². The molecule has 1 aliphatic rings. The fourth-order valence-electron chi connectivity index (χ4n) is 2.44. The minimum Gasteiger partial charge on any atom is -0.464 e. The van der Waals surface area contributed by atoms with Gasteiger partial charge in [-0.25, -0.2) is 9.59 Å². The minimum absolute atomic E-state index is 0.0737. The first kappa shape index (κ1) is 17.2. The fourth-order valence-corrected chi connectivity index (χ4v) is 2.44. The van der Waals surface area contributed by atoms with E-state index in [2.05, 4.69) is 0 Å². The van der Waals surface area contributed by atoms with Gasteiger partial charge in [0, 0.05) is 19.9 Å². The Morgan fingerprint density at radius 1 is 1.10 bits per heavy atom. The van der Waals surface area contributed by atoms with E-state index in [1.54, 1.807) is 19.9 Å². The number of hydrogen-bond acceptors (Lipinski definition) is 5. The first-order chi connectivity index (χ1) is 10.0. The predicted molar refractivity (Wildman–Crippen MR) is 76.4 cm³/mol. The van der Waals surface area contributed by atoms with Crippen LogP contribution in [0.25, 0.3) is 0 Å². The molecule has 0 N–H and O–H groups in total. The SMILES string of the molecule is CCOC(=O)C1(C(=O)OCC)C/C=C\CCCN1C(C)=O. The molecule has 0 atom stereocenters. The topological polar surface area (TPSA) is 72.9 Å². The Morgan fingerprint density at radius 2 is 1.67 bits per heavy atom. The molecule has 0 unspecified atom stereocenters. The summed E-state index contributed by atoms with van der Waals surface area (Å²) in [5.41, 5.74) is -1.71. The van der Waals surface area contributed by atoms with E-state index in [0.29, 0.717) is 13.0 Å². The number of nitrogens with zero attached hydrogens (tertiary/aromatic N) is 1. The first-order valence-electron chi connectivity index (χ1n) is 7.28. The van der Waals surface area contributed by atoms with Gasteiger partial charge in [-0.2, -0.15) is 0 Å². The molecule has 0 radical (unpaired) electrons. The molecule has 6 nitrogen and oxygen atoms in total. The zero-order valence-electron chi connectivity index (χ0n) is 12.9. The summed E-state index contributed by atoms with van der Waals surface area (Å²) in [5.74, 6) is -1.80. The van der Waals surface area contributed by atoms with Gasteiger partial charge in [-0.3, -0.25) is 4.79 Å². The Kier molecular flexibility index (Phi) is 6.39. The van der Waals surface area contributed by atoms with Crippen LogP contribution in [-0.2, 0) is 23.9 Å². The number of carbonyl (C=O) groups excluding carboxylic acids is 3. The van der Waals surface area contributed by atoms with Crippen molar-refractivity contribution in [2.45, 2.75) is 45.6 Å². The summed E-state index contributed by atoms with van der Waals surface area (Å²) < 4.78 is 10.1. The Morgan fingerprint density at radius 3 is 2.14 bits per heavy atom. The average Bonchev–Trinajstić information content (AvgIpc) is 2.38. The first-order valence-corrected chi connectivity index (χ1v) is 7.28. The van der Waals surface area contributed by atoms with Crippen molar-refractivity contribution < 1.29 is 23.9 Å². The van der Waals surface area contributed by atoms with Gasteiger partial charge < -0.3 is 14.4 Å². The maximum atomic E-state index is 12.5. The lowest BCUT2D eigenvalue weighted by Gasteiger charge is -2.39. The highest BCUT2D eigenvalue weighted by Gasteiger charge is 2.54. The van der Waals surface area contributed by atoms with Crippen LogP contribution in [0.4, 0.5) is 0 Å². The summed E-state index contributed by atoms with van der Waals surface area (Å²) in [6.45, 7) is 5.25. The monoisotopic (exact) mass is 297 g/mol. The summed E-state index contributed by atoms with van der Waals surface area (Å²) in [6, 6.07) is 0. The van der Waals surface area contributed by atoms with Crippen LogP contribution in [-0.4, -0.2) is 48.0 Å². The van der Waals surface area contributed by atoms with Crippen molar-refractivity contribution in [2.75, 3.05) is 19.8 Å². The molecule has 0 fully saturated rings. The lowest BCUT2D eigenvalue weighted by atomic mass is 9.90. The molecule has 0 aromatic heterocycles. The smallest absolute Gasteiger partial charge is 0.344 e. The van der Waals surface area contributed by atoms with Crippen LogP contribution in [0.2, 0.25) is 0 Å². The predicted octanol–water partition coefficient (Wildman–Crippen LogP) is 1.44. The third kappa shape index (κ3) is 3.62. The van der Waals surface area contributed by atoms with Crippen LogP contribution in [0.1, 0.15) is 40.0 Å². The lowest BCUT2D eigenvalue weighted by Crippen LogP contribution is -2.63. The number of rotatable bonds is 4. The fraction of sp³-hybridized carbons (Fsp3) is 0.667. The lowest BCUT2D eigenvalue weighted by molar-refractivity contribution is -0.179. The van der Waals surface area contributed by atoms with Gasteiger partial charge in [0.2, 0.25) is 11.4 Å². The van der Waals surface area contributed by atoms with Crippen LogP contribution in [0.3, 0.4) is 0 Å². The molecule has 118 valence electrons. The molecule has 0 bridgehead atoms. The van der Waals surface area contributed by atoms with Crippen molar-refractivity contribution in [3.8, 4) is 0 Å². The summed E-state index contributed by atoms with van der Waals surface area (Å²) in [7, 11) is 0. The number of esters is 2. The maximum Gasteiger partial charge on any atom is 0.344 e. The standard InChI is InChI=1S/C15H23NO5/c1-4-20-13(18)15(14(19)21-5-2)10-8-6-7-9-11-16(15)12(3)17/h6,8H,4-5,7,9-11H2,1-3H3/b8-6-. The third-order valence-corrected chi connectivity index (χ3v) is 3.40. The van der Waals surface area contributed by atoms with Gasteiger partial charge in [-0.05, 0) is 26.7 Å². The number of amides is 1. The van der Waals surface area contributed by atoms with E-state index in [4.69, 9.17) is 9.47 Å². The van der Waals surface area contributed by atoms with E-state index in [-0.39, 0.29) is 25.5 Å². The molecule has 0 saturated heterocycles. The number of hydrogen-bond donors (Lipinski definition) is 0. The Labute approximate surface area is 125 Å². The molecular weight excluding hydrogens is 274 g/mol. The van der Waals surface area contributed by atoms with Crippen molar-refractivity contribution in [2.24, 2.45) is 0 Å². The minimum atomic E-state index is -1.71. The van der Waals surface area contributed by atoms with Gasteiger partial charge in [-0.15, -0.1) is 0 Å². The van der Waals surface area contributed by atoms with Gasteiger partial charge in [0.25, 0.3) is 0 Å². The Bertz CT molecular complexity index is 412. The molecule has 1 rings (SSSR count). The van der Waals surface area contributed by atoms with Crippen LogP contribution in [0.15, 0.2) is 12.2 Å². The van der Waals surface area contributed by atoms with Gasteiger partial charge in [0.15, 0.2) is 0 Å². The maximum absolute atomic E-state index is 12.5. The van der Waals surface area contributed by atoms with E-state index in [9.17, 15) is 14.4 Å². The van der Waals surface area contributed by atoms with Crippen LogP contribution in [0.5, 0.6) is 0 Å². The zero-order valence-corrected chi connectivity index (χ0v) is 12.9. The van der Waals surface area contributed by atoms with Crippen molar-refractivity contribution in [3.63, 3.8) is 0 Å². The molecule has 1 amide bonds. The Hall–Kier alpha value is -1.85. The van der Waals surface area contributed by atoms with Crippen molar-refractivity contribution in [3.05, 3.63) is 12.2 Å².